The predicted molar refractivity (Wildman–Crippen MR) is 122 cm³/mol. The van der Waals surface area contributed by atoms with Gasteiger partial charge in [-0.2, -0.15) is 18.3 Å². The van der Waals surface area contributed by atoms with Gasteiger partial charge < -0.3 is 19.9 Å². The summed E-state index contributed by atoms with van der Waals surface area (Å²) in [4.78, 5) is 36.0. The van der Waals surface area contributed by atoms with Gasteiger partial charge >= 0.3 is 6.18 Å². The van der Waals surface area contributed by atoms with Crippen molar-refractivity contribution in [3.05, 3.63) is 40.1 Å². The SMILES string of the molecule is C[C@@H](COCCC(=O)N1CCN(c2ncc([C@H]3CC3(F)F)cn2)CC1)Nc1cn[nH]c(=O)c1C(F)(F)F. The van der Waals surface area contributed by atoms with Crippen molar-refractivity contribution in [1.29, 1.82) is 0 Å². The monoisotopic (exact) mass is 531 g/mol. The van der Waals surface area contributed by atoms with E-state index in [1.807, 2.05) is 4.90 Å². The molecule has 0 bridgehead atoms. The summed E-state index contributed by atoms with van der Waals surface area (Å²) in [5.74, 6) is -3.19. The fourth-order valence-electron chi connectivity index (χ4n) is 4.08. The molecule has 1 aliphatic carbocycles. The van der Waals surface area contributed by atoms with E-state index in [4.69, 9.17) is 4.74 Å². The molecule has 2 aromatic rings. The van der Waals surface area contributed by atoms with Gasteiger partial charge in [-0.05, 0) is 12.5 Å². The van der Waals surface area contributed by atoms with Crippen LogP contribution in [-0.2, 0) is 15.7 Å². The highest BCUT2D eigenvalue weighted by Gasteiger charge is 2.57. The standard InChI is InChI=1S/C22H26F5N7O3/c1-13(31-16-11-30-32-19(36)18(16)22(25,26)27)12-37-7-2-17(35)33-3-5-34(6-4-33)20-28-9-14(10-29-20)15-8-21(15,23)24/h9-11,13,15H,2-8,12H2,1H3,(H2,31,32,36)/t13-,15+/m0/s1. The Morgan fingerprint density at radius 1 is 1.22 bits per heavy atom. The van der Waals surface area contributed by atoms with Crippen LogP contribution in [0.1, 0.15) is 36.8 Å². The van der Waals surface area contributed by atoms with Crippen LogP contribution in [0.3, 0.4) is 0 Å². The number of ether oxygens (including phenoxy) is 1. The summed E-state index contributed by atoms with van der Waals surface area (Å²) < 4.78 is 71.2. The molecule has 0 radical (unpaired) electrons. The Morgan fingerprint density at radius 2 is 1.86 bits per heavy atom. The largest absolute Gasteiger partial charge is 0.423 e. The maximum absolute atomic E-state index is 13.2. The highest BCUT2D eigenvalue weighted by molar-refractivity contribution is 5.76. The summed E-state index contributed by atoms with van der Waals surface area (Å²) in [7, 11) is 0. The minimum Gasteiger partial charge on any atom is -0.379 e. The summed E-state index contributed by atoms with van der Waals surface area (Å²) >= 11 is 0. The maximum Gasteiger partial charge on any atom is 0.423 e. The average molecular weight is 531 g/mol. The van der Waals surface area contributed by atoms with Gasteiger partial charge in [-0.15, -0.1) is 0 Å². The van der Waals surface area contributed by atoms with Crippen molar-refractivity contribution in [3.63, 3.8) is 0 Å². The van der Waals surface area contributed by atoms with Crippen LogP contribution in [-0.4, -0.2) is 82.3 Å². The molecular formula is C22H26F5N7O3. The van der Waals surface area contributed by atoms with Crippen molar-refractivity contribution in [2.24, 2.45) is 0 Å². The molecule has 0 aromatic carbocycles. The summed E-state index contributed by atoms with van der Waals surface area (Å²) in [5.41, 5.74) is -2.75. The van der Waals surface area contributed by atoms with E-state index in [1.54, 1.807) is 16.9 Å². The molecule has 15 heteroatoms. The summed E-state index contributed by atoms with van der Waals surface area (Å²) in [6, 6.07) is -0.583. The number of aromatic amines is 1. The van der Waals surface area contributed by atoms with Gasteiger partial charge in [0.1, 0.15) is 5.56 Å². The summed E-state index contributed by atoms with van der Waals surface area (Å²) in [5, 5.41) is 7.73. The molecule has 1 amide bonds. The van der Waals surface area contributed by atoms with Crippen molar-refractivity contribution in [3.8, 4) is 0 Å². The number of rotatable bonds is 9. The van der Waals surface area contributed by atoms with Crippen molar-refractivity contribution in [2.75, 3.05) is 49.6 Å². The Labute approximate surface area is 208 Å². The van der Waals surface area contributed by atoms with Crippen LogP contribution < -0.4 is 15.8 Å². The Bertz CT molecular complexity index is 1150. The van der Waals surface area contributed by atoms with Crippen LogP contribution in [0.5, 0.6) is 0 Å². The van der Waals surface area contributed by atoms with E-state index in [-0.39, 0.29) is 32.0 Å². The first kappa shape index (κ1) is 26.7. The van der Waals surface area contributed by atoms with E-state index in [0.29, 0.717) is 37.7 Å². The molecule has 2 fully saturated rings. The number of hydrogen-bond acceptors (Lipinski definition) is 8. The Morgan fingerprint density at radius 3 is 2.46 bits per heavy atom. The van der Waals surface area contributed by atoms with Crippen LogP contribution in [0.4, 0.5) is 33.6 Å². The molecule has 1 saturated carbocycles. The van der Waals surface area contributed by atoms with E-state index in [0.717, 1.165) is 6.20 Å². The van der Waals surface area contributed by atoms with Gasteiger partial charge in [0.25, 0.3) is 11.5 Å². The molecule has 2 aliphatic rings. The Kier molecular flexibility index (Phi) is 7.62. The number of alkyl halides is 5. The molecule has 202 valence electrons. The number of nitrogens with one attached hydrogen (secondary N) is 2. The van der Waals surface area contributed by atoms with E-state index in [2.05, 4.69) is 20.4 Å². The van der Waals surface area contributed by atoms with E-state index in [9.17, 15) is 31.5 Å². The van der Waals surface area contributed by atoms with Gasteiger partial charge in [-0.1, -0.05) is 0 Å². The maximum atomic E-state index is 13.2. The van der Waals surface area contributed by atoms with Crippen molar-refractivity contribution in [1.82, 2.24) is 25.1 Å². The van der Waals surface area contributed by atoms with Crippen LogP contribution in [0, 0.1) is 0 Å². The first-order valence-corrected chi connectivity index (χ1v) is 11.7. The number of carbonyl (C=O) groups excluding carboxylic acids is 1. The molecular weight excluding hydrogens is 505 g/mol. The second kappa shape index (κ2) is 10.6. The number of nitrogens with zero attached hydrogens (tertiary/aromatic N) is 5. The number of halogens is 5. The van der Waals surface area contributed by atoms with Crippen LogP contribution in [0.15, 0.2) is 23.4 Å². The molecule has 1 saturated heterocycles. The van der Waals surface area contributed by atoms with Gasteiger partial charge in [0.15, 0.2) is 0 Å². The Hall–Kier alpha value is -3.36. The molecule has 0 unspecified atom stereocenters. The van der Waals surface area contributed by atoms with Crippen LogP contribution in [0.25, 0.3) is 0 Å². The van der Waals surface area contributed by atoms with Crippen molar-refractivity contribution < 1.29 is 31.5 Å². The quantitative estimate of drug-likeness (QED) is 0.374. The lowest BCUT2D eigenvalue weighted by atomic mass is 10.2. The zero-order chi connectivity index (χ0) is 26.8. The molecule has 37 heavy (non-hydrogen) atoms. The lowest BCUT2D eigenvalue weighted by Crippen LogP contribution is -2.49. The lowest BCUT2D eigenvalue weighted by molar-refractivity contribution is -0.138. The van der Waals surface area contributed by atoms with Gasteiger partial charge in [0, 0.05) is 51.0 Å². The van der Waals surface area contributed by atoms with Crippen molar-refractivity contribution >= 4 is 17.5 Å². The third-order valence-electron chi connectivity index (χ3n) is 6.17. The topological polar surface area (TPSA) is 116 Å². The fraction of sp³-hybridized carbons (Fsp3) is 0.591. The molecule has 10 nitrogen and oxygen atoms in total. The second-order valence-electron chi connectivity index (χ2n) is 9.06. The smallest absolute Gasteiger partial charge is 0.379 e. The van der Waals surface area contributed by atoms with Gasteiger partial charge in [0.05, 0.1) is 37.4 Å². The van der Waals surface area contributed by atoms with Crippen LogP contribution >= 0.6 is 0 Å². The number of aromatic nitrogens is 4. The van der Waals surface area contributed by atoms with Crippen molar-refractivity contribution in [2.45, 2.75) is 43.8 Å². The number of anilines is 2. The predicted octanol–water partition coefficient (Wildman–Crippen LogP) is 2.26. The van der Waals surface area contributed by atoms with E-state index < -0.39 is 40.9 Å². The number of hydrogen-bond donors (Lipinski definition) is 2. The Balaban J connectivity index is 1.16. The molecule has 0 spiro atoms. The third-order valence-corrected chi connectivity index (χ3v) is 6.17. The molecule has 3 heterocycles. The first-order chi connectivity index (χ1) is 17.5. The van der Waals surface area contributed by atoms with Gasteiger partial charge in [-0.25, -0.2) is 23.8 Å². The van der Waals surface area contributed by atoms with E-state index >= 15 is 0 Å². The molecule has 2 N–H and O–H groups in total. The number of H-pyrrole nitrogens is 1. The number of carbonyl (C=O) groups is 1. The normalized spacial score (nSPS) is 20.0. The van der Waals surface area contributed by atoms with E-state index in [1.165, 1.54) is 12.4 Å². The third kappa shape index (κ3) is 6.50. The molecule has 2 atom stereocenters. The summed E-state index contributed by atoms with van der Waals surface area (Å²) in [6.07, 6.45) is -1.20. The summed E-state index contributed by atoms with van der Waals surface area (Å²) in [6.45, 7) is 3.48. The highest BCUT2D eigenvalue weighted by Crippen LogP contribution is 2.55. The zero-order valence-electron chi connectivity index (χ0n) is 19.9. The van der Waals surface area contributed by atoms with Crippen LogP contribution in [0.2, 0.25) is 0 Å². The minimum absolute atomic E-state index is 0.00524. The molecule has 1 aliphatic heterocycles. The lowest BCUT2D eigenvalue weighted by Gasteiger charge is -2.34. The minimum atomic E-state index is -4.85. The van der Waals surface area contributed by atoms with Gasteiger partial charge in [0.2, 0.25) is 11.9 Å². The van der Waals surface area contributed by atoms with Gasteiger partial charge in [-0.3, -0.25) is 9.59 Å². The number of piperazine rings is 1. The zero-order valence-corrected chi connectivity index (χ0v) is 19.9. The second-order valence-corrected chi connectivity index (χ2v) is 9.06. The molecule has 4 rings (SSSR count). The first-order valence-electron chi connectivity index (χ1n) is 11.7. The number of amides is 1. The molecule has 2 aromatic heterocycles. The average Bonchev–Trinajstić information content (AvgIpc) is 3.49. The highest BCUT2D eigenvalue weighted by atomic mass is 19.4. The fourth-order valence-corrected chi connectivity index (χ4v) is 4.08.